The van der Waals surface area contributed by atoms with Crippen LogP contribution in [0.5, 0.6) is 0 Å². The van der Waals surface area contributed by atoms with Crippen LogP contribution in [-0.4, -0.2) is 79.3 Å². The Morgan fingerprint density at radius 3 is 2.20 bits per heavy atom. The van der Waals surface area contributed by atoms with Crippen LogP contribution < -0.4 is 5.32 Å². The smallest absolute Gasteiger partial charge is 0.466 e. The number of nitrogens with one attached hydrogen (secondary N) is 1. The molecule has 1 aliphatic carbocycles. The summed E-state index contributed by atoms with van der Waals surface area (Å²) in [6.45, 7) is 2.73. The van der Waals surface area contributed by atoms with Gasteiger partial charge in [-0.1, -0.05) is 49.2 Å². The number of carbonyl (C=O) groups excluding carboxylic acids is 1. The van der Waals surface area contributed by atoms with Gasteiger partial charge in [-0.2, -0.15) is 8.62 Å². The van der Waals surface area contributed by atoms with Crippen LogP contribution in [-0.2, 0) is 54.7 Å². The SMILES string of the molecule is CC(C)(C)P(=O)(O)OP(=O)(O)OP(=O)(O)OP(=O)(O)OC[C@H]1O[C@@H](N2C=C3C=C(c4ccc5ccccc5c4)OC3NC2=O)[C@H]2OC(C3CCCC3)O[C@H]21. The zero-order chi connectivity index (χ0) is 38.8. The lowest BCUT2D eigenvalue weighted by Crippen LogP contribution is -2.54. The van der Waals surface area contributed by atoms with E-state index in [9.17, 15) is 42.6 Å². The van der Waals surface area contributed by atoms with Crippen molar-refractivity contribution in [2.24, 2.45) is 5.92 Å². The Morgan fingerprint density at radius 2 is 1.50 bits per heavy atom. The van der Waals surface area contributed by atoms with Crippen LogP contribution in [0.4, 0.5) is 4.79 Å². The molecular weight excluding hydrogens is 796 g/mol. The van der Waals surface area contributed by atoms with Gasteiger partial charge in [-0.25, -0.2) is 22.8 Å². The molecule has 0 spiro atoms. The van der Waals surface area contributed by atoms with Crippen molar-refractivity contribution in [3.05, 3.63) is 65.9 Å². The van der Waals surface area contributed by atoms with E-state index in [1.165, 1.54) is 25.7 Å². The van der Waals surface area contributed by atoms with E-state index < -0.39 is 85.9 Å². The van der Waals surface area contributed by atoms with E-state index in [2.05, 4.69) is 18.2 Å². The Bertz CT molecular complexity index is 2070. The molecule has 2 aromatic carbocycles. The first kappa shape index (κ1) is 39.9. The summed E-state index contributed by atoms with van der Waals surface area (Å²) in [5, 5.41) is 3.25. The molecular formula is C31H40N2O17P4. The number of amides is 2. The summed E-state index contributed by atoms with van der Waals surface area (Å²) < 4.78 is 91.9. The standard InChI is InChI=1S/C31H40N2O17P4/c1-31(2,3)51(35,36)48-53(39,40)50-54(41,42)49-52(37,38)43-17-24-25-26(47-29(46-25)19-9-5-6-10-19)28(45-24)33-16-22-15-23(44-27(22)32-30(33)34)21-13-12-18-8-4-7-11-20(18)14-21/h4,7-8,11-16,19,24-29H,5-6,9-10,17H2,1-3H3,(H,32,34)(H,35,36)(H,37,38)(H,39,40)(H,41,42)/t24-,25+,26+,27?,28-,29?/m1/s1. The minimum atomic E-state index is -5.97. The van der Waals surface area contributed by atoms with Crippen LogP contribution >= 0.6 is 31.1 Å². The first-order chi connectivity index (χ1) is 25.2. The molecule has 6 unspecified atom stereocenters. The van der Waals surface area contributed by atoms with Crippen molar-refractivity contribution in [3.8, 4) is 0 Å². The molecule has 2 aromatic rings. The molecule has 10 atom stereocenters. The number of fused-ring (bicyclic) bond motifs is 3. The van der Waals surface area contributed by atoms with E-state index in [4.69, 9.17) is 23.5 Å². The molecule has 23 heteroatoms. The number of carbonyl (C=O) groups is 1. The van der Waals surface area contributed by atoms with Crippen molar-refractivity contribution in [1.29, 1.82) is 0 Å². The molecule has 2 saturated heterocycles. The van der Waals surface area contributed by atoms with Gasteiger partial charge in [-0.15, -0.1) is 0 Å². The molecule has 0 radical (unpaired) electrons. The number of nitrogens with zero attached hydrogens (tertiary/aromatic N) is 1. The summed E-state index contributed by atoms with van der Waals surface area (Å²) >= 11 is 0. The predicted octanol–water partition coefficient (Wildman–Crippen LogP) is 5.82. The van der Waals surface area contributed by atoms with Crippen molar-refractivity contribution in [2.45, 2.75) is 88.7 Å². The monoisotopic (exact) mass is 836 g/mol. The van der Waals surface area contributed by atoms with Gasteiger partial charge in [-0.3, -0.25) is 19.3 Å². The number of urea groups is 1. The molecule has 4 aliphatic heterocycles. The summed E-state index contributed by atoms with van der Waals surface area (Å²) in [5.74, 6) is 0.574. The maximum Gasteiger partial charge on any atom is 0.490 e. The first-order valence-electron chi connectivity index (χ1n) is 16.9. The van der Waals surface area contributed by atoms with Crippen molar-refractivity contribution >= 4 is 53.6 Å². The van der Waals surface area contributed by atoms with E-state index in [1.807, 2.05) is 42.5 Å². The molecule has 0 aromatic heterocycles. The largest absolute Gasteiger partial charge is 0.490 e. The second-order valence-corrected chi connectivity index (χ2v) is 21.8. The number of phosphoric ester groups is 1. The van der Waals surface area contributed by atoms with Gasteiger partial charge >= 0.3 is 37.1 Å². The molecule has 5 aliphatic rings. The third-order valence-electron chi connectivity index (χ3n) is 9.46. The van der Waals surface area contributed by atoms with E-state index in [0.29, 0.717) is 11.3 Å². The van der Waals surface area contributed by atoms with E-state index in [0.717, 1.165) is 42.0 Å². The van der Waals surface area contributed by atoms with Crippen LogP contribution in [0.25, 0.3) is 16.5 Å². The Labute approximate surface area is 309 Å². The van der Waals surface area contributed by atoms with Gasteiger partial charge < -0.3 is 38.5 Å². The Morgan fingerprint density at radius 1 is 0.852 bits per heavy atom. The van der Waals surface area contributed by atoms with Crippen LogP contribution in [0, 0.1) is 5.92 Å². The van der Waals surface area contributed by atoms with Crippen molar-refractivity contribution in [3.63, 3.8) is 0 Å². The third-order valence-corrected chi connectivity index (χ3v) is 16.6. The molecule has 1 saturated carbocycles. The fraction of sp³-hybridized carbons (Fsp3) is 0.516. The average Bonchev–Trinajstić information content (AvgIpc) is 3.86. The molecule has 5 N–H and O–H groups in total. The van der Waals surface area contributed by atoms with E-state index in [-0.39, 0.29) is 5.92 Å². The fourth-order valence-corrected chi connectivity index (χ4v) is 12.2. The van der Waals surface area contributed by atoms with Gasteiger partial charge in [-0.05, 0) is 56.5 Å². The van der Waals surface area contributed by atoms with Crippen LogP contribution in [0.2, 0.25) is 0 Å². The molecule has 19 nitrogen and oxygen atoms in total. The lowest BCUT2D eigenvalue weighted by molar-refractivity contribution is -0.171. The maximum absolute atomic E-state index is 13.5. The highest BCUT2D eigenvalue weighted by Crippen LogP contribution is 2.73. The Kier molecular flexibility index (Phi) is 10.8. The molecule has 7 rings (SSSR count). The summed E-state index contributed by atoms with van der Waals surface area (Å²) in [4.78, 5) is 54.9. The third kappa shape index (κ3) is 8.52. The van der Waals surface area contributed by atoms with E-state index in [1.54, 1.807) is 12.3 Å². The molecule has 296 valence electrons. The fourth-order valence-electron chi connectivity index (χ4n) is 6.68. The molecule has 2 amide bonds. The number of hydrogen-bond acceptors (Lipinski definition) is 13. The average molecular weight is 837 g/mol. The Hall–Kier alpha value is -2.27. The van der Waals surface area contributed by atoms with Crippen LogP contribution in [0.3, 0.4) is 0 Å². The lowest BCUT2D eigenvalue weighted by atomic mass is 10.1. The van der Waals surface area contributed by atoms with Gasteiger partial charge in [0.05, 0.1) is 11.8 Å². The zero-order valence-electron chi connectivity index (χ0n) is 29.1. The minimum Gasteiger partial charge on any atom is -0.466 e. The summed E-state index contributed by atoms with van der Waals surface area (Å²) in [5.41, 5.74) is 1.40. The van der Waals surface area contributed by atoms with Gasteiger partial charge in [0.15, 0.2) is 12.5 Å². The first-order valence-corrected chi connectivity index (χ1v) is 23.0. The summed E-state index contributed by atoms with van der Waals surface area (Å²) in [6, 6.07) is 13.1. The topological polar surface area (TPSA) is 255 Å². The second-order valence-electron chi connectivity index (χ2n) is 14.4. The number of ether oxygens (including phenoxy) is 4. The summed E-state index contributed by atoms with van der Waals surface area (Å²) in [7, 11) is -22.3. The van der Waals surface area contributed by atoms with Gasteiger partial charge in [0.2, 0.25) is 6.23 Å². The Balaban J connectivity index is 1.06. The maximum atomic E-state index is 13.5. The van der Waals surface area contributed by atoms with Crippen LogP contribution in [0.15, 0.2) is 60.3 Å². The number of hydrogen-bond donors (Lipinski definition) is 5. The zero-order valence-corrected chi connectivity index (χ0v) is 32.7. The highest BCUT2D eigenvalue weighted by Gasteiger charge is 2.58. The minimum absolute atomic E-state index is 0.0417. The van der Waals surface area contributed by atoms with Gasteiger partial charge in [0, 0.05) is 23.3 Å². The van der Waals surface area contributed by atoms with Crippen LogP contribution in [0.1, 0.15) is 52.0 Å². The quantitative estimate of drug-likeness (QED) is 0.158. The molecule has 4 heterocycles. The number of phosphoric acid groups is 3. The predicted molar refractivity (Wildman–Crippen MR) is 188 cm³/mol. The molecule has 3 fully saturated rings. The highest BCUT2D eigenvalue weighted by molar-refractivity contribution is 7.71. The van der Waals surface area contributed by atoms with Gasteiger partial charge in [0.25, 0.3) is 0 Å². The van der Waals surface area contributed by atoms with Crippen molar-refractivity contribution < 1.29 is 79.0 Å². The molecule has 54 heavy (non-hydrogen) atoms. The number of rotatable bonds is 12. The summed E-state index contributed by atoms with van der Waals surface area (Å²) in [6.07, 6.45) is 1.26. The second kappa shape index (κ2) is 14.6. The van der Waals surface area contributed by atoms with Crippen molar-refractivity contribution in [2.75, 3.05) is 6.61 Å². The van der Waals surface area contributed by atoms with Gasteiger partial charge in [0.1, 0.15) is 24.1 Å². The highest BCUT2D eigenvalue weighted by atomic mass is 31.3. The van der Waals surface area contributed by atoms with Crippen molar-refractivity contribution in [1.82, 2.24) is 10.2 Å². The lowest BCUT2D eigenvalue weighted by Gasteiger charge is -2.34. The molecule has 0 bridgehead atoms. The number of benzene rings is 2. The van der Waals surface area contributed by atoms with E-state index >= 15 is 0 Å². The normalized spacial score (nSPS) is 31.7.